The van der Waals surface area contributed by atoms with Gasteiger partial charge in [-0.2, -0.15) is 13.2 Å². The molecule has 0 aliphatic carbocycles. The van der Waals surface area contributed by atoms with Crippen LogP contribution in [0.4, 0.5) is 24.5 Å². The number of amides is 2. The quantitative estimate of drug-likeness (QED) is 0.835. The van der Waals surface area contributed by atoms with E-state index in [2.05, 4.69) is 5.32 Å². The van der Waals surface area contributed by atoms with E-state index < -0.39 is 23.2 Å². The summed E-state index contributed by atoms with van der Waals surface area (Å²) in [7, 11) is 1.46. The van der Waals surface area contributed by atoms with E-state index in [0.29, 0.717) is 24.4 Å². The van der Waals surface area contributed by atoms with Gasteiger partial charge in [0.15, 0.2) is 0 Å². The highest BCUT2D eigenvalue weighted by molar-refractivity contribution is 6.06. The average molecular weight is 392 g/mol. The van der Waals surface area contributed by atoms with Crippen LogP contribution in [0.25, 0.3) is 0 Å². The Kier molecular flexibility index (Phi) is 5.58. The predicted octanol–water partition coefficient (Wildman–Crippen LogP) is 4.48. The molecule has 2 aromatic carbocycles. The monoisotopic (exact) mass is 392 g/mol. The third kappa shape index (κ3) is 4.11. The Morgan fingerprint density at radius 2 is 1.89 bits per heavy atom. The number of carbonyl (C=O) groups excluding carboxylic acids is 2. The maximum Gasteiger partial charge on any atom is 0.417 e. The zero-order chi connectivity index (χ0) is 20.3. The SMILES string of the molecule is COc1ccc(NC(=O)c2ccccc2C(F)(F)F)cc1N1CCCCC1=O. The molecule has 8 heteroatoms. The molecule has 1 aliphatic heterocycles. The van der Waals surface area contributed by atoms with E-state index in [4.69, 9.17) is 4.74 Å². The van der Waals surface area contributed by atoms with Gasteiger partial charge in [0, 0.05) is 18.7 Å². The number of anilines is 2. The fraction of sp³-hybridized carbons (Fsp3) is 0.300. The molecule has 148 valence electrons. The van der Waals surface area contributed by atoms with Crippen molar-refractivity contribution in [3.63, 3.8) is 0 Å². The van der Waals surface area contributed by atoms with E-state index in [0.717, 1.165) is 25.0 Å². The lowest BCUT2D eigenvalue weighted by Crippen LogP contribution is -2.35. The smallest absolute Gasteiger partial charge is 0.417 e. The van der Waals surface area contributed by atoms with Gasteiger partial charge in [0.1, 0.15) is 5.75 Å². The van der Waals surface area contributed by atoms with Crippen molar-refractivity contribution in [2.24, 2.45) is 0 Å². The first-order valence-corrected chi connectivity index (χ1v) is 8.77. The molecular formula is C20H19F3N2O3. The van der Waals surface area contributed by atoms with Crippen LogP contribution in [0, 0.1) is 0 Å². The maximum absolute atomic E-state index is 13.2. The van der Waals surface area contributed by atoms with Crippen LogP contribution in [0.1, 0.15) is 35.2 Å². The van der Waals surface area contributed by atoms with Crippen molar-refractivity contribution in [1.29, 1.82) is 0 Å². The van der Waals surface area contributed by atoms with Gasteiger partial charge in [0.05, 0.1) is 23.9 Å². The van der Waals surface area contributed by atoms with Crippen LogP contribution in [-0.4, -0.2) is 25.5 Å². The van der Waals surface area contributed by atoms with Gasteiger partial charge in [0.2, 0.25) is 5.91 Å². The fourth-order valence-corrected chi connectivity index (χ4v) is 3.17. The molecule has 0 radical (unpaired) electrons. The number of hydrogen-bond acceptors (Lipinski definition) is 3. The zero-order valence-electron chi connectivity index (χ0n) is 15.2. The number of benzene rings is 2. The summed E-state index contributed by atoms with van der Waals surface area (Å²) < 4.78 is 44.8. The van der Waals surface area contributed by atoms with Crippen LogP contribution >= 0.6 is 0 Å². The average Bonchev–Trinajstić information content (AvgIpc) is 2.67. The van der Waals surface area contributed by atoms with Crippen LogP contribution in [0.5, 0.6) is 5.75 Å². The van der Waals surface area contributed by atoms with Crippen LogP contribution in [0.2, 0.25) is 0 Å². The number of hydrogen-bond donors (Lipinski definition) is 1. The lowest BCUT2D eigenvalue weighted by Gasteiger charge is -2.28. The van der Waals surface area contributed by atoms with E-state index in [-0.39, 0.29) is 11.6 Å². The first-order chi connectivity index (χ1) is 13.3. The fourth-order valence-electron chi connectivity index (χ4n) is 3.17. The number of halogens is 3. The summed E-state index contributed by atoms with van der Waals surface area (Å²) in [5.74, 6) is -0.492. The molecule has 1 fully saturated rings. The molecule has 1 saturated heterocycles. The molecule has 2 amide bonds. The summed E-state index contributed by atoms with van der Waals surface area (Å²) in [6.07, 6.45) is -2.58. The molecular weight excluding hydrogens is 373 g/mol. The number of nitrogens with zero attached hydrogens (tertiary/aromatic N) is 1. The summed E-state index contributed by atoms with van der Waals surface area (Å²) in [6, 6.07) is 9.21. The van der Waals surface area contributed by atoms with Crippen LogP contribution < -0.4 is 15.0 Å². The van der Waals surface area contributed by atoms with E-state index in [1.165, 1.54) is 31.4 Å². The standard InChI is InChI=1S/C20H19F3N2O3/c1-28-17-10-9-13(12-16(17)25-11-5-4-8-18(25)26)24-19(27)14-6-2-3-7-15(14)20(21,22)23/h2-3,6-7,9-10,12H,4-5,8,11H2,1H3,(H,24,27). The molecule has 3 rings (SSSR count). The second kappa shape index (κ2) is 7.92. The minimum absolute atomic E-state index is 0.0598. The number of piperidine rings is 1. The second-order valence-electron chi connectivity index (χ2n) is 6.39. The van der Waals surface area contributed by atoms with Crippen LogP contribution in [0.15, 0.2) is 42.5 Å². The van der Waals surface area contributed by atoms with Crippen molar-refractivity contribution >= 4 is 23.2 Å². The third-order valence-corrected chi connectivity index (χ3v) is 4.53. The van der Waals surface area contributed by atoms with Gasteiger partial charge in [0.25, 0.3) is 5.91 Å². The van der Waals surface area contributed by atoms with Crippen LogP contribution in [0.3, 0.4) is 0 Å². The van der Waals surface area contributed by atoms with Gasteiger partial charge in [-0.05, 0) is 43.2 Å². The van der Waals surface area contributed by atoms with Gasteiger partial charge in [-0.25, -0.2) is 0 Å². The lowest BCUT2D eigenvalue weighted by atomic mass is 10.1. The van der Waals surface area contributed by atoms with Crippen molar-refractivity contribution in [3.05, 3.63) is 53.6 Å². The van der Waals surface area contributed by atoms with E-state index in [1.807, 2.05) is 0 Å². The molecule has 0 unspecified atom stereocenters. The molecule has 0 spiro atoms. The Hall–Kier alpha value is -3.03. The number of alkyl halides is 3. The van der Waals surface area contributed by atoms with Crippen molar-refractivity contribution in [3.8, 4) is 5.75 Å². The van der Waals surface area contributed by atoms with Crippen molar-refractivity contribution in [2.75, 3.05) is 23.9 Å². The van der Waals surface area contributed by atoms with E-state index in [9.17, 15) is 22.8 Å². The van der Waals surface area contributed by atoms with Crippen molar-refractivity contribution in [2.45, 2.75) is 25.4 Å². The molecule has 1 N–H and O–H groups in total. The molecule has 0 atom stereocenters. The molecule has 28 heavy (non-hydrogen) atoms. The normalized spacial score (nSPS) is 14.7. The Bertz CT molecular complexity index is 897. The second-order valence-corrected chi connectivity index (χ2v) is 6.39. The molecule has 2 aromatic rings. The number of ether oxygens (including phenoxy) is 1. The van der Waals surface area contributed by atoms with E-state index >= 15 is 0 Å². The molecule has 0 bridgehead atoms. The number of nitrogens with one attached hydrogen (secondary N) is 1. The highest BCUT2D eigenvalue weighted by atomic mass is 19.4. The van der Waals surface area contributed by atoms with Gasteiger partial charge in [-0.3, -0.25) is 9.59 Å². The summed E-state index contributed by atoms with van der Waals surface area (Å²) in [5.41, 5.74) is -0.723. The molecule has 0 saturated carbocycles. The summed E-state index contributed by atoms with van der Waals surface area (Å²) in [6.45, 7) is 0.517. The number of rotatable bonds is 4. The summed E-state index contributed by atoms with van der Waals surface area (Å²) in [5, 5.41) is 2.48. The highest BCUT2D eigenvalue weighted by Crippen LogP contribution is 2.35. The van der Waals surface area contributed by atoms with Gasteiger partial charge in [-0.1, -0.05) is 12.1 Å². The minimum Gasteiger partial charge on any atom is -0.495 e. The van der Waals surface area contributed by atoms with Crippen molar-refractivity contribution < 1.29 is 27.5 Å². The van der Waals surface area contributed by atoms with Gasteiger partial charge in [-0.15, -0.1) is 0 Å². The maximum atomic E-state index is 13.2. The zero-order valence-corrected chi connectivity index (χ0v) is 15.2. The Morgan fingerprint density at radius 3 is 2.57 bits per heavy atom. The third-order valence-electron chi connectivity index (χ3n) is 4.53. The summed E-state index contributed by atoms with van der Waals surface area (Å²) in [4.78, 5) is 26.3. The van der Waals surface area contributed by atoms with Crippen LogP contribution in [-0.2, 0) is 11.0 Å². The predicted molar refractivity (Wildman–Crippen MR) is 98.6 cm³/mol. The van der Waals surface area contributed by atoms with Gasteiger partial charge < -0.3 is 15.0 Å². The number of carbonyl (C=O) groups is 2. The van der Waals surface area contributed by atoms with Gasteiger partial charge >= 0.3 is 6.18 Å². The summed E-state index contributed by atoms with van der Waals surface area (Å²) >= 11 is 0. The van der Waals surface area contributed by atoms with E-state index in [1.54, 1.807) is 11.0 Å². The Labute approximate surface area is 160 Å². The molecule has 1 aliphatic rings. The number of methoxy groups -OCH3 is 1. The first kappa shape index (κ1) is 19.7. The highest BCUT2D eigenvalue weighted by Gasteiger charge is 2.35. The largest absolute Gasteiger partial charge is 0.495 e. The lowest BCUT2D eigenvalue weighted by molar-refractivity contribution is -0.137. The molecule has 1 heterocycles. The minimum atomic E-state index is -4.64. The molecule has 5 nitrogen and oxygen atoms in total. The molecule has 0 aromatic heterocycles. The topological polar surface area (TPSA) is 58.6 Å². The Morgan fingerprint density at radius 1 is 1.14 bits per heavy atom. The Balaban J connectivity index is 1.90. The van der Waals surface area contributed by atoms with Crippen molar-refractivity contribution in [1.82, 2.24) is 0 Å². The first-order valence-electron chi connectivity index (χ1n) is 8.77.